The third-order valence-corrected chi connectivity index (χ3v) is 2.76. The van der Waals surface area contributed by atoms with Crippen molar-refractivity contribution in [2.45, 2.75) is 19.0 Å². The molecule has 0 unspecified atom stereocenters. The van der Waals surface area contributed by atoms with Crippen LogP contribution in [-0.4, -0.2) is 17.7 Å². The standard InChI is InChI=1S/C11H10F3NO2/c12-11(13,14)8-4-3-7-2-1-5-15(10(16)17)9(7)6-8/h3-4,6H,1-2,5H2,(H,16,17). The van der Waals surface area contributed by atoms with E-state index in [0.29, 0.717) is 18.4 Å². The molecule has 0 aromatic heterocycles. The lowest BCUT2D eigenvalue weighted by Crippen LogP contribution is -2.34. The van der Waals surface area contributed by atoms with Crippen LogP contribution in [0.4, 0.5) is 23.7 Å². The normalized spacial score (nSPS) is 15.6. The molecule has 1 aliphatic rings. The highest BCUT2D eigenvalue weighted by Crippen LogP contribution is 2.35. The molecule has 6 heteroatoms. The minimum Gasteiger partial charge on any atom is -0.465 e. The number of hydrogen-bond donors (Lipinski definition) is 1. The van der Waals surface area contributed by atoms with E-state index in [4.69, 9.17) is 5.11 Å². The van der Waals surface area contributed by atoms with Crippen molar-refractivity contribution in [3.8, 4) is 0 Å². The molecule has 0 bridgehead atoms. The zero-order chi connectivity index (χ0) is 12.6. The van der Waals surface area contributed by atoms with Gasteiger partial charge in [-0.15, -0.1) is 0 Å². The van der Waals surface area contributed by atoms with Crippen molar-refractivity contribution in [1.29, 1.82) is 0 Å². The van der Waals surface area contributed by atoms with E-state index in [1.54, 1.807) is 0 Å². The number of hydrogen-bond acceptors (Lipinski definition) is 1. The van der Waals surface area contributed by atoms with Crippen LogP contribution in [-0.2, 0) is 12.6 Å². The second-order valence-corrected chi connectivity index (χ2v) is 3.88. The summed E-state index contributed by atoms with van der Waals surface area (Å²) in [6, 6.07) is 3.25. The number of carboxylic acid groups (broad SMARTS) is 1. The van der Waals surface area contributed by atoms with Crippen LogP contribution < -0.4 is 4.90 Å². The molecule has 0 aliphatic carbocycles. The SMILES string of the molecule is O=C(O)N1CCCc2ccc(C(F)(F)F)cc21. The first-order valence-electron chi connectivity index (χ1n) is 5.10. The second kappa shape index (κ2) is 3.94. The maximum atomic E-state index is 12.5. The van der Waals surface area contributed by atoms with E-state index in [1.807, 2.05) is 0 Å². The van der Waals surface area contributed by atoms with Gasteiger partial charge >= 0.3 is 12.3 Å². The van der Waals surface area contributed by atoms with Crippen LogP contribution in [0.3, 0.4) is 0 Å². The summed E-state index contributed by atoms with van der Waals surface area (Å²) in [6.07, 6.45) is -4.43. The fraction of sp³-hybridized carbons (Fsp3) is 0.364. The molecule has 1 N–H and O–H groups in total. The Hall–Kier alpha value is -1.72. The summed E-state index contributed by atoms with van der Waals surface area (Å²) in [5.74, 6) is 0. The number of fused-ring (bicyclic) bond motifs is 1. The van der Waals surface area contributed by atoms with Gasteiger partial charge in [0.25, 0.3) is 0 Å². The molecular weight excluding hydrogens is 235 g/mol. The van der Waals surface area contributed by atoms with Gasteiger partial charge in [0, 0.05) is 6.54 Å². The lowest BCUT2D eigenvalue weighted by molar-refractivity contribution is -0.137. The van der Waals surface area contributed by atoms with E-state index in [1.165, 1.54) is 6.07 Å². The van der Waals surface area contributed by atoms with E-state index >= 15 is 0 Å². The number of rotatable bonds is 0. The lowest BCUT2D eigenvalue weighted by atomic mass is 10.00. The Balaban J connectivity index is 2.48. The number of alkyl halides is 3. The Kier molecular flexibility index (Phi) is 2.73. The summed E-state index contributed by atoms with van der Waals surface area (Å²) in [6.45, 7) is 0.240. The molecule has 0 fully saturated rings. The van der Waals surface area contributed by atoms with Crippen molar-refractivity contribution < 1.29 is 23.1 Å². The molecule has 1 amide bonds. The molecular formula is C11H10F3NO2. The van der Waals surface area contributed by atoms with Gasteiger partial charge in [-0.05, 0) is 30.5 Å². The maximum Gasteiger partial charge on any atom is 0.416 e. The highest BCUT2D eigenvalue weighted by Gasteiger charge is 2.32. The second-order valence-electron chi connectivity index (χ2n) is 3.88. The van der Waals surface area contributed by atoms with Crippen molar-refractivity contribution in [2.75, 3.05) is 11.4 Å². The Bertz CT molecular complexity index is 457. The van der Waals surface area contributed by atoms with Crippen LogP contribution in [0.25, 0.3) is 0 Å². The van der Waals surface area contributed by atoms with E-state index < -0.39 is 17.8 Å². The van der Waals surface area contributed by atoms with E-state index in [2.05, 4.69) is 0 Å². The quantitative estimate of drug-likeness (QED) is 0.762. The summed E-state index contributed by atoms with van der Waals surface area (Å²) < 4.78 is 37.6. The molecule has 1 heterocycles. The van der Waals surface area contributed by atoms with E-state index in [-0.39, 0.29) is 12.2 Å². The molecule has 0 saturated heterocycles. The van der Waals surface area contributed by atoms with Crippen LogP contribution >= 0.6 is 0 Å². The molecule has 0 spiro atoms. The summed E-state index contributed by atoms with van der Waals surface area (Å²) in [7, 11) is 0. The summed E-state index contributed by atoms with van der Waals surface area (Å²) in [5, 5.41) is 8.92. The molecule has 2 rings (SSSR count). The fourth-order valence-corrected chi connectivity index (χ4v) is 1.95. The van der Waals surface area contributed by atoms with Crippen LogP contribution in [0.15, 0.2) is 18.2 Å². The molecule has 1 aliphatic heterocycles. The monoisotopic (exact) mass is 245 g/mol. The zero-order valence-electron chi connectivity index (χ0n) is 8.79. The third-order valence-electron chi connectivity index (χ3n) is 2.76. The molecule has 1 aromatic rings. The average molecular weight is 245 g/mol. The zero-order valence-corrected chi connectivity index (χ0v) is 8.79. The van der Waals surface area contributed by atoms with Gasteiger partial charge < -0.3 is 5.11 Å². The first kappa shape index (κ1) is 11.8. The van der Waals surface area contributed by atoms with Crippen LogP contribution in [0.5, 0.6) is 0 Å². The van der Waals surface area contributed by atoms with Gasteiger partial charge in [0.2, 0.25) is 0 Å². The molecule has 3 nitrogen and oxygen atoms in total. The lowest BCUT2D eigenvalue weighted by Gasteiger charge is -2.27. The van der Waals surface area contributed by atoms with Gasteiger partial charge in [0.1, 0.15) is 0 Å². The Labute approximate surface area is 95.5 Å². The van der Waals surface area contributed by atoms with Crippen molar-refractivity contribution >= 4 is 11.8 Å². The van der Waals surface area contributed by atoms with Gasteiger partial charge in [-0.2, -0.15) is 13.2 Å². The molecule has 1 aromatic carbocycles. The number of amides is 1. The molecule has 92 valence electrons. The number of benzene rings is 1. The predicted molar refractivity (Wildman–Crippen MR) is 55.1 cm³/mol. The van der Waals surface area contributed by atoms with Crippen molar-refractivity contribution in [3.63, 3.8) is 0 Å². The predicted octanol–water partition coefficient (Wildman–Crippen LogP) is 3.14. The summed E-state index contributed by atoms with van der Waals surface area (Å²) in [5.41, 5.74) is -0.0189. The van der Waals surface area contributed by atoms with Crippen LogP contribution in [0.2, 0.25) is 0 Å². The number of aryl methyl sites for hydroxylation is 1. The largest absolute Gasteiger partial charge is 0.465 e. The Morgan fingerprint density at radius 2 is 2.06 bits per heavy atom. The van der Waals surface area contributed by atoms with Gasteiger partial charge in [0.05, 0.1) is 11.3 Å². The Morgan fingerprint density at radius 1 is 1.35 bits per heavy atom. The molecule has 0 atom stereocenters. The third kappa shape index (κ3) is 2.20. The summed E-state index contributed by atoms with van der Waals surface area (Å²) >= 11 is 0. The van der Waals surface area contributed by atoms with E-state index in [9.17, 15) is 18.0 Å². The van der Waals surface area contributed by atoms with E-state index in [0.717, 1.165) is 17.0 Å². The van der Waals surface area contributed by atoms with Gasteiger partial charge in [-0.3, -0.25) is 4.90 Å². The van der Waals surface area contributed by atoms with Crippen molar-refractivity contribution in [1.82, 2.24) is 0 Å². The average Bonchev–Trinajstić information content (AvgIpc) is 2.26. The number of halogens is 3. The first-order valence-corrected chi connectivity index (χ1v) is 5.10. The van der Waals surface area contributed by atoms with Gasteiger partial charge in [-0.25, -0.2) is 4.79 Å². The van der Waals surface area contributed by atoms with Crippen LogP contribution in [0.1, 0.15) is 17.5 Å². The minimum absolute atomic E-state index is 0.151. The fourth-order valence-electron chi connectivity index (χ4n) is 1.95. The molecule has 0 saturated carbocycles. The van der Waals surface area contributed by atoms with Gasteiger partial charge in [0.15, 0.2) is 0 Å². The van der Waals surface area contributed by atoms with Crippen molar-refractivity contribution in [2.24, 2.45) is 0 Å². The van der Waals surface area contributed by atoms with Crippen molar-refractivity contribution in [3.05, 3.63) is 29.3 Å². The highest BCUT2D eigenvalue weighted by atomic mass is 19.4. The topological polar surface area (TPSA) is 40.5 Å². The Morgan fingerprint density at radius 3 is 2.65 bits per heavy atom. The minimum atomic E-state index is -4.45. The first-order chi connectivity index (χ1) is 7.89. The molecule has 0 radical (unpaired) electrons. The smallest absolute Gasteiger partial charge is 0.416 e. The van der Waals surface area contributed by atoms with Crippen LogP contribution in [0, 0.1) is 0 Å². The maximum absolute atomic E-state index is 12.5. The molecule has 17 heavy (non-hydrogen) atoms. The summed E-state index contributed by atoms with van der Waals surface area (Å²) in [4.78, 5) is 11.9. The number of carbonyl (C=O) groups is 1. The number of anilines is 1. The van der Waals surface area contributed by atoms with Gasteiger partial charge in [-0.1, -0.05) is 6.07 Å². The highest BCUT2D eigenvalue weighted by molar-refractivity contribution is 5.87. The number of nitrogens with zero attached hydrogens (tertiary/aromatic N) is 1.